The normalized spacial score (nSPS) is 20.7. The molecule has 1 aliphatic rings. The minimum Gasteiger partial charge on any atom is -0.464 e. The summed E-state index contributed by atoms with van der Waals surface area (Å²) in [5.41, 5.74) is 1.70. The molecule has 1 heterocycles. The van der Waals surface area contributed by atoms with Crippen molar-refractivity contribution in [1.82, 2.24) is 5.32 Å². The number of rotatable bonds is 3. The van der Waals surface area contributed by atoms with E-state index in [2.05, 4.69) is 11.4 Å². The second-order valence-corrected chi connectivity index (χ2v) is 4.13. The lowest BCUT2D eigenvalue weighted by Crippen LogP contribution is -2.35. The first-order chi connectivity index (χ1) is 8.20. The molecule has 0 amide bonds. The van der Waals surface area contributed by atoms with Gasteiger partial charge in [0.15, 0.2) is 0 Å². The fourth-order valence-electron chi connectivity index (χ4n) is 1.89. The Kier molecular flexibility index (Phi) is 3.40. The van der Waals surface area contributed by atoms with Crippen LogP contribution in [0.1, 0.15) is 30.5 Å². The van der Waals surface area contributed by atoms with Gasteiger partial charge in [-0.05, 0) is 24.6 Å². The van der Waals surface area contributed by atoms with E-state index in [4.69, 9.17) is 10.00 Å². The van der Waals surface area contributed by atoms with E-state index in [1.165, 1.54) is 0 Å². The smallest absolute Gasteiger partial charge is 0.323 e. The number of hydrogen-bond donors (Lipinski definition) is 1. The molecule has 4 heteroatoms. The van der Waals surface area contributed by atoms with Crippen molar-refractivity contribution in [2.24, 2.45) is 0 Å². The number of hydrogen-bond acceptors (Lipinski definition) is 4. The molecule has 1 aromatic carbocycles. The van der Waals surface area contributed by atoms with Crippen LogP contribution in [0, 0.1) is 11.3 Å². The van der Waals surface area contributed by atoms with Crippen LogP contribution < -0.4 is 5.32 Å². The van der Waals surface area contributed by atoms with Gasteiger partial charge in [-0.25, -0.2) is 0 Å². The molecular weight excluding hydrogens is 216 g/mol. The molecule has 0 bridgehead atoms. The number of nitrogens with one attached hydrogen (secondary N) is 1. The van der Waals surface area contributed by atoms with Gasteiger partial charge in [0.05, 0.1) is 18.2 Å². The molecule has 1 saturated heterocycles. The van der Waals surface area contributed by atoms with Crippen LogP contribution in [0.4, 0.5) is 0 Å². The van der Waals surface area contributed by atoms with E-state index in [1.54, 1.807) is 12.1 Å². The van der Waals surface area contributed by atoms with Crippen molar-refractivity contribution in [3.63, 3.8) is 0 Å². The number of carbonyl (C=O) groups excluding carboxylic acids is 1. The van der Waals surface area contributed by atoms with Gasteiger partial charge in [0.1, 0.15) is 6.04 Å². The minimum atomic E-state index is -0.208. The summed E-state index contributed by atoms with van der Waals surface area (Å²) in [6.45, 7) is 2.49. The van der Waals surface area contributed by atoms with Crippen LogP contribution in [0.5, 0.6) is 0 Å². The molecule has 0 saturated carbocycles. The molecule has 1 aromatic rings. The summed E-state index contributed by atoms with van der Waals surface area (Å²) in [5, 5.41) is 11.9. The topological polar surface area (TPSA) is 62.1 Å². The van der Waals surface area contributed by atoms with Crippen LogP contribution in [0.2, 0.25) is 0 Å². The molecule has 0 aromatic heterocycles. The highest BCUT2D eigenvalue weighted by Crippen LogP contribution is 2.16. The van der Waals surface area contributed by atoms with E-state index in [-0.39, 0.29) is 18.1 Å². The summed E-state index contributed by atoms with van der Waals surface area (Å²) >= 11 is 0. The second kappa shape index (κ2) is 4.98. The summed E-state index contributed by atoms with van der Waals surface area (Å²) < 4.78 is 4.89. The summed E-state index contributed by atoms with van der Waals surface area (Å²) in [6.07, 6.45) is 0.722. The van der Waals surface area contributed by atoms with E-state index in [1.807, 2.05) is 19.1 Å². The quantitative estimate of drug-likeness (QED) is 0.800. The van der Waals surface area contributed by atoms with Gasteiger partial charge >= 0.3 is 5.97 Å². The highest BCUT2D eigenvalue weighted by Gasteiger charge is 2.27. The first-order valence-corrected chi connectivity index (χ1v) is 5.63. The standard InChI is InChI=1S/C13H14N2O2/c1-9(15-12-6-7-17-13(12)16)11-4-2-10(8-14)3-5-11/h2-5,9,12,15H,6-7H2,1H3. The first-order valence-electron chi connectivity index (χ1n) is 5.63. The Morgan fingerprint density at radius 2 is 2.18 bits per heavy atom. The van der Waals surface area contributed by atoms with Crippen LogP contribution in [-0.2, 0) is 9.53 Å². The van der Waals surface area contributed by atoms with Crippen LogP contribution in [0.15, 0.2) is 24.3 Å². The number of nitriles is 1. The predicted octanol–water partition coefficient (Wildman–Crippen LogP) is 1.52. The van der Waals surface area contributed by atoms with Gasteiger partial charge in [-0.2, -0.15) is 5.26 Å². The molecule has 0 radical (unpaired) electrons. The SMILES string of the molecule is CC(NC1CCOC1=O)c1ccc(C#N)cc1. The summed E-state index contributed by atoms with van der Waals surface area (Å²) in [7, 11) is 0. The van der Waals surface area contributed by atoms with Crippen molar-refractivity contribution in [1.29, 1.82) is 5.26 Å². The van der Waals surface area contributed by atoms with Gasteiger partial charge in [0.2, 0.25) is 0 Å². The zero-order valence-electron chi connectivity index (χ0n) is 9.64. The van der Waals surface area contributed by atoms with E-state index < -0.39 is 0 Å². The number of benzene rings is 1. The molecule has 0 spiro atoms. The molecular formula is C13H14N2O2. The summed E-state index contributed by atoms with van der Waals surface area (Å²) in [6, 6.07) is 9.29. The van der Waals surface area contributed by atoms with Gasteiger partial charge in [-0.3, -0.25) is 10.1 Å². The lowest BCUT2D eigenvalue weighted by molar-refractivity contribution is -0.139. The molecule has 4 nitrogen and oxygen atoms in total. The average molecular weight is 230 g/mol. The largest absolute Gasteiger partial charge is 0.464 e. The highest BCUT2D eigenvalue weighted by atomic mass is 16.5. The molecule has 0 aliphatic carbocycles. The Morgan fingerprint density at radius 3 is 2.71 bits per heavy atom. The Labute approximate surface area is 100 Å². The molecule has 2 unspecified atom stereocenters. The van der Waals surface area contributed by atoms with Crippen LogP contribution in [0.3, 0.4) is 0 Å². The lowest BCUT2D eigenvalue weighted by Gasteiger charge is -2.17. The van der Waals surface area contributed by atoms with Crippen LogP contribution >= 0.6 is 0 Å². The Morgan fingerprint density at radius 1 is 1.47 bits per heavy atom. The third-order valence-electron chi connectivity index (χ3n) is 2.93. The van der Waals surface area contributed by atoms with E-state index in [0.717, 1.165) is 12.0 Å². The fraction of sp³-hybridized carbons (Fsp3) is 0.385. The average Bonchev–Trinajstić information content (AvgIpc) is 2.75. The third kappa shape index (κ3) is 2.63. The zero-order valence-corrected chi connectivity index (χ0v) is 9.64. The fourth-order valence-corrected chi connectivity index (χ4v) is 1.89. The maximum absolute atomic E-state index is 11.3. The van der Waals surface area contributed by atoms with Crippen molar-refractivity contribution < 1.29 is 9.53 Å². The Bertz CT molecular complexity index is 447. The number of nitrogens with zero attached hydrogens (tertiary/aromatic N) is 1. The van der Waals surface area contributed by atoms with Crippen molar-refractivity contribution in [2.45, 2.75) is 25.4 Å². The predicted molar refractivity (Wildman–Crippen MR) is 62.1 cm³/mol. The van der Waals surface area contributed by atoms with E-state index in [9.17, 15) is 4.79 Å². The minimum absolute atomic E-state index is 0.0680. The van der Waals surface area contributed by atoms with Gasteiger partial charge in [0.25, 0.3) is 0 Å². The molecule has 1 fully saturated rings. The molecule has 1 N–H and O–H groups in total. The number of carbonyl (C=O) groups is 1. The van der Waals surface area contributed by atoms with Gasteiger partial charge in [-0.1, -0.05) is 12.1 Å². The van der Waals surface area contributed by atoms with Crippen molar-refractivity contribution in [3.8, 4) is 6.07 Å². The van der Waals surface area contributed by atoms with Crippen LogP contribution in [0.25, 0.3) is 0 Å². The van der Waals surface area contributed by atoms with Crippen molar-refractivity contribution in [2.75, 3.05) is 6.61 Å². The Hall–Kier alpha value is -1.86. The lowest BCUT2D eigenvalue weighted by atomic mass is 10.1. The van der Waals surface area contributed by atoms with E-state index >= 15 is 0 Å². The van der Waals surface area contributed by atoms with Crippen molar-refractivity contribution in [3.05, 3.63) is 35.4 Å². The molecule has 2 rings (SSSR count). The zero-order chi connectivity index (χ0) is 12.3. The van der Waals surface area contributed by atoms with Crippen LogP contribution in [-0.4, -0.2) is 18.6 Å². The number of esters is 1. The summed E-state index contributed by atoms with van der Waals surface area (Å²) in [4.78, 5) is 11.3. The van der Waals surface area contributed by atoms with Crippen molar-refractivity contribution >= 4 is 5.97 Å². The highest BCUT2D eigenvalue weighted by molar-refractivity contribution is 5.77. The number of cyclic esters (lactones) is 1. The van der Waals surface area contributed by atoms with E-state index in [0.29, 0.717) is 12.2 Å². The van der Waals surface area contributed by atoms with Gasteiger partial charge < -0.3 is 4.74 Å². The molecule has 17 heavy (non-hydrogen) atoms. The maximum Gasteiger partial charge on any atom is 0.323 e. The Balaban J connectivity index is 2.01. The second-order valence-electron chi connectivity index (χ2n) is 4.13. The van der Waals surface area contributed by atoms with Gasteiger partial charge in [0, 0.05) is 12.5 Å². The maximum atomic E-state index is 11.3. The molecule has 1 aliphatic heterocycles. The summed E-state index contributed by atoms with van der Waals surface area (Å²) in [5.74, 6) is -0.175. The molecule has 2 atom stereocenters. The third-order valence-corrected chi connectivity index (χ3v) is 2.93. The monoisotopic (exact) mass is 230 g/mol. The molecule has 88 valence electrons. The number of ether oxygens (including phenoxy) is 1. The van der Waals surface area contributed by atoms with Gasteiger partial charge in [-0.15, -0.1) is 0 Å². The first kappa shape index (κ1) is 11.6.